The molecule has 2 saturated heterocycles. The molecule has 2 aromatic carbocycles. The van der Waals surface area contributed by atoms with Crippen molar-refractivity contribution in [3.63, 3.8) is 0 Å². The molecule has 2 N–H and O–H groups in total. The van der Waals surface area contributed by atoms with Gasteiger partial charge in [0.2, 0.25) is 5.91 Å². The number of amides is 4. The van der Waals surface area contributed by atoms with Crippen LogP contribution in [0.25, 0.3) is 0 Å². The number of urea groups is 1. The molecule has 0 radical (unpaired) electrons. The lowest BCUT2D eigenvalue weighted by Crippen LogP contribution is -2.56. The van der Waals surface area contributed by atoms with Crippen LogP contribution in [0.4, 0.5) is 4.79 Å². The summed E-state index contributed by atoms with van der Waals surface area (Å²) in [6, 6.07) is 14.9. The summed E-state index contributed by atoms with van der Waals surface area (Å²) >= 11 is 3.42. The van der Waals surface area contributed by atoms with E-state index < -0.39 is 11.4 Å². The van der Waals surface area contributed by atoms with Crippen LogP contribution >= 0.6 is 15.9 Å². The van der Waals surface area contributed by atoms with E-state index >= 15 is 0 Å². The van der Waals surface area contributed by atoms with Crippen LogP contribution in [0.2, 0.25) is 0 Å². The van der Waals surface area contributed by atoms with Gasteiger partial charge in [-0.3, -0.25) is 14.5 Å². The summed E-state index contributed by atoms with van der Waals surface area (Å²) in [5.74, 6) is -0.512. The Morgan fingerprint density at radius 3 is 2.43 bits per heavy atom. The van der Waals surface area contributed by atoms with Crippen molar-refractivity contribution in [2.24, 2.45) is 5.73 Å². The van der Waals surface area contributed by atoms with Gasteiger partial charge in [0.25, 0.3) is 5.91 Å². The SMILES string of the molecule is C=CCN1C(=O)N(Cc2ccc(Br)cc2)C(=O)C12CCN(CCCc1ccccc1C(N)=O)CC2. The highest BCUT2D eigenvalue weighted by Gasteiger charge is 2.57. The minimum Gasteiger partial charge on any atom is -0.366 e. The molecule has 4 rings (SSSR count). The van der Waals surface area contributed by atoms with E-state index in [9.17, 15) is 14.4 Å². The molecular weight excluding hydrogens is 508 g/mol. The number of piperidine rings is 1. The van der Waals surface area contributed by atoms with Crippen molar-refractivity contribution in [1.29, 1.82) is 0 Å². The molecule has 0 aromatic heterocycles. The van der Waals surface area contributed by atoms with E-state index in [1.165, 1.54) is 4.90 Å². The van der Waals surface area contributed by atoms with Gasteiger partial charge in [-0.25, -0.2) is 4.79 Å². The number of carbonyl (C=O) groups is 3. The first-order chi connectivity index (χ1) is 16.9. The maximum atomic E-state index is 13.6. The quantitative estimate of drug-likeness (QED) is 0.386. The smallest absolute Gasteiger partial charge is 0.328 e. The fourth-order valence-corrected chi connectivity index (χ4v) is 5.44. The van der Waals surface area contributed by atoms with Gasteiger partial charge in [0.1, 0.15) is 5.54 Å². The second-order valence-electron chi connectivity index (χ2n) is 9.20. The van der Waals surface area contributed by atoms with Gasteiger partial charge in [0.05, 0.1) is 6.54 Å². The minimum absolute atomic E-state index is 0.109. The van der Waals surface area contributed by atoms with Gasteiger partial charge in [0.15, 0.2) is 0 Å². The third kappa shape index (κ3) is 5.18. The summed E-state index contributed by atoms with van der Waals surface area (Å²) in [4.78, 5) is 44.0. The highest BCUT2D eigenvalue weighted by atomic mass is 79.9. The number of rotatable bonds is 9. The second-order valence-corrected chi connectivity index (χ2v) is 10.1. The third-order valence-electron chi connectivity index (χ3n) is 7.07. The van der Waals surface area contributed by atoms with Crippen molar-refractivity contribution in [3.05, 3.63) is 82.3 Å². The highest BCUT2D eigenvalue weighted by Crippen LogP contribution is 2.38. The first-order valence-corrected chi connectivity index (χ1v) is 12.7. The van der Waals surface area contributed by atoms with Crippen LogP contribution < -0.4 is 5.73 Å². The van der Waals surface area contributed by atoms with E-state index in [1.807, 2.05) is 42.5 Å². The van der Waals surface area contributed by atoms with Crippen molar-refractivity contribution in [2.75, 3.05) is 26.2 Å². The molecule has 1 spiro atoms. The Hall–Kier alpha value is -2.97. The van der Waals surface area contributed by atoms with Crippen molar-refractivity contribution in [2.45, 2.75) is 37.8 Å². The van der Waals surface area contributed by atoms with Crippen molar-refractivity contribution < 1.29 is 14.4 Å². The van der Waals surface area contributed by atoms with Crippen LogP contribution in [0.1, 0.15) is 40.7 Å². The molecule has 2 aliphatic heterocycles. The minimum atomic E-state index is -0.810. The number of nitrogens with zero attached hydrogens (tertiary/aromatic N) is 3. The number of benzene rings is 2. The monoisotopic (exact) mass is 538 g/mol. The van der Waals surface area contributed by atoms with E-state index in [2.05, 4.69) is 27.4 Å². The largest absolute Gasteiger partial charge is 0.366 e. The normalized spacial score (nSPS) is 17.9. The van der Waals surface area contributed by atoms with Crippen LogP contribution in [-0.4, -0.2) is 64.3 Å². The molecule has 4 amide bonds. The molecule has 0 bridgehead atoms. The lowest BCUT2D eigenvalue weighted by Gasteiger charge is -2.42. The summed E-state index contributed by atoms with van der Waals surface area (Å²) in [5.41, 5.74) is 7.14. The molecular formula is C27H31BrN4O3. The van der Waals surface area contributed by atoms with Crippen LogP contribution in [-0.2, 0) is 17.8 Å². The zero-order valence-electron chi connectivity index (χ0n) is 19.8. The molecule has 2 heterocycles. The first kappa shape index (κ1) is 25.1. The van der Waals surface area contributed by atoms with Gasteiger partial charge in [-0.15, -0.1) is 6.58 Å². The van der Waals surface area contributed by atoms with E-state index in [4.69, 9.17) is 5.73 Å². The molecule has 0 atom stereocenters. The molecule has 7 nitrogen and oxygen atoms in total. The summed E-state index contributed by atoms with van der Waals surface area (Å²) < 4.78 is 0.954. The van der Waals surface area contributed by atoms with Crippen LogP contribution in [0.15, 0.2) is 65.7 Å². The summed E-state index contributed by atoms with van der Waals surface area (Å²) in [5, 5.41) is 0. The van der Waals surface area contributed by atoms with Crippen molar-refractivity contribution in [1.82, 2.24) is 14.7 Å². The Balaban J connectivity index is 1.39. The van der Waals surface area contributed by atoms with Crippen molar-refractivity contribution >= 4 is 33.8 Å². The molecule has 2 aliphatic rings. The number of carbonyl (C=O) groups excluding carboxylic acids is 3. The van der Waals surface area contributed by atoms with Crippen LogP contribution in [0.3, 0.4) is 0 Å². The Labute approximate surface area is 214 Å². The number of halogens is 1. The lowest BCUT2D eigenvalue weighted by atomic mass is 9.85. The average molecular weight is 539 g/mol. The fraction of sp³-hybridized carbons (Fsp3) is 0.370. The molecule has 0 unspecified atom stereocenters. The predicted octanol–water partition coefficient (Wildman–Crippen LogP) is 3.97. The molecule has 0 saturated carbocycles. The second kappa shape index (κ2) is 10.7. The molecule has 2 aromatic rings. The van der Waals surface area contributed by atoms with E-state index in [1.54, 1.807) is 17.0 Å². The Morgan fingerprint density at radius 2 is 1.77 bits per heavy atom. The predicted molar refractivity (Wildman–Crippen MR) is 139 cm³/mol. The number of primary amides is 1. The Morgan fingerprint density at radius 1 is 1.09 bits per heavy atom. The van der Waals surface area contributed by atoms with E-state index in [0.717, 1.165) is 48.1 Å². The highest BCUT2D eigenvalue weighted by molar-refractivity contribution is 9.10. The molecule has 35 heavy (non-hydrogen) atoms. The lowest BCUT2D eigenvalue weighted by molar-refractivity contribution is -0.135. The topological polar surface area (TPSA) is 87.0 Å². The van der Waals surface area contributed by atoms with Gasteiger partial charge in [-0.1, -0.05) is 52.3 Å². The van der Waals surface area contributed by atoms with Gasteiger partial charge in [0, 0.05) is 29.7 Å². The number of hydrogen-bond donors (Lipinski definition) is 1. The molecule has 184 valence electrons. The average Bonchev–Trinajstić information content (AvgIpc) is 3.04. The fourth-order valence-electron chi connectivity index (χ4n) is 5.18. The summed E-state index contributed by atoms with van der Waals surface area (Å²) in [6.45, 7) is 6.75. The number of aryl methyl sites for hydroxylation is 1. The van der Waals surface area contributed by atoms with Gasteiger partial charge < -0.3 is 15.5 Å². The molecule has 2 fully saturated rings. The third-order valence-corrected chi connectivity index (χ3v) is 7.60. The Bertz CT molecular complexity index is 1110. The first-order valence-electron chi connectivity index (χ1n) is 11.9. The maximum Gasteiger partial charge on any atom is 0.328 e. The van der Waals surface area contributed by atoms with Gasteiger partial charge in [-0.05, 0) is 61.6 Å². The van der Waals surface area contributed by atoms with Gasteiger partial charge >= 0.3 is 6.03 Å². The van der Waals surface area contributed by atoms with E-state index in [-0.39, 0.29) is 18.5 Å². The zero-order chi connectivity index (χ0) is 25.0. The van der Waals surface area contributed by atoms with Crippen LogP contribution in [0, 0.1) is 0 Å². The summed E-state index contributed by atoms with van der Waals surface area (Å²) in [7, 11) is 0. The van der Waals surface area contributed by atoms with E-state index in [0.29, 0.717) is 24.9 Å². The Kier molecular flexibility index (Phi) is 7.72. The molecule has 0 aliphatic carbocycles. The number of likely N-dealkylation sites (tertiary alicyclic amines) is 1. The number of imide groups is 1. The van der Waals surface area contributed by atoms with Crippen LogP contribution in [0.5, 0.6) is 0 Å². The van der Waals surface area contributed by atoms with Gasteiger partial charge in [-0.2, -0.15) is 0 Å². The zero-order valence-corrected chi connectivity index (χ0v) is 21.4. The standard InChI is InChI=1S/C27H31BrN4O3/c1-2-15-32-26(35)31(19-20-9-11-22(28)12-10-20)25(34)27(32)13-17-30(18-14-27)16-5-7-21-6-3-4-8-23(21)24(29)33/h2-4,6,8-12H,1,5,7,13-19H2,(H2,29,33). The summed E-state index contributed by atoms with van der Waals surface area (Å²) in [6.07, 6.45) is 4.54. The number of nitrogens with two attached hydrogens (primary N) is 1. The van der Waals surface area contributed by atoms with Crippen molar-refractivity contribution in [3.8, 4) is 0 Å². The number of hydrogen-bond acceptors (Lipinski definition) is 4. The maximum absolute atomic E-state index is 13.6. The molecule has 8 heteroatoms.